The van der Waals surface area contributed by atoms with E-state index in [0.717, 1.165) is 31.2 Å². The number of methoxy groups -OCH3 is 1. The van der Waals surface area contributed by atoms with Crippen LogP contribution in [0.2, 0.25) is 0 Å². The van der Waals surface area contributed by atoms with Crippen molar-refractivity contribution in [3.05, 3.63) is 88.7 Å². The minimum absolute atomic E-state index is 0.137. The van der Waals surface area contributed by atoms with E-state index >= 15 is 0 Å². The molecule has 0 atom stereocenters. The number of halogens is 3. The molecule has 0 aliphatic rings. The van der Waals surface area contributed by atoms with Crippen LogP contribution in [-0.2, 0) is 6.42 Å². The molecule has 3 aromatic carbocycles. The zero-order valence-corrected chi connectivity index (χ0v) is 17.1. The molecule has 0 aliphatic carbocycles. The number of ether oxygens (including phenoxy) is 1. The molecule has 0 radical (unpaired) electrons. The summed E-state index contributed by atoms with van der Waals surface area (Å²) in [5.41, 5.74) is 2.62. The maximum Gasteiger partial charge on any atom is 0.201 e. The minimum Gasteiger partial charge on any atom is -0.494 e. The molecule has 0 heterocycles. The van der Waals surface area contributed by atoms with Crippen molar-refractivity contribution < 1.29 is 17.9 Å². The zero-order chi connectivity index (χ0) is 21.5. The monoisotopic (exact) mass is 408 g/mol. The molecule has 0 N–H and O–H groups in total. The van der Waals surface area contributed by atoms with E-state index in [1.165, 1.54) is 19.2 Å². The van der Waals surface area contributed by atoms with E-state index in [1.54, 1.807) is 36.4 Å². The van der Waals surface area contributed by atoms with Gasteiger partial charge in [-0.2, -0.15) is 4.39 Å². The average Bonchev–Trinajstić information content (AvgIpc) is 2.76. The van der Waals surface area contributed by atoms with Gasteiger partial charge in [0.2, 0.25) is 5.82 Å². The van der Waals surface area contributed by atoms with Gasteiger partial charge in [0.1, 0.15) is 5.82 Å². The molecule has 3 aromatic rings. The van der Waals surface area contributed by atoms with Crippen molar-refractivity contribution in [2.75, 3.05) is 7.11 Å². The average molecular weight is 408 g/mol. The molecule has 0 fully saturated rings. The predicted molar refractivity (Wildman–Crippen MR) is 114 cm³/mol. The lowest BCUT2D eigenvalue weighted by Gasteiger charge is -2.08. The molecule has 0 saturated heterocycles. The summed E-state index contributed by atoms with van der Waals surface area (Å²) in [6.07, 6.45) is 4.17. The summed E-state index contributed by atoms with van der Waals surface area (Å²) < 4.78 is 47.3. The third-order valence-electron chi connectivity index (χ3n) is 4.91. The zero-order valence-electron chi connectivity index (χ0n) is 17.1. The molecule has 154 valence electrons. The van der Waals surface area contributed by atoms with Gasteiger partial charge in [-0.15, -0.1) is 0 Å². The van der Waals surface area contributed by atoms with Gasteiger partial charge < -0.3 is 4.74 Å². The molecule has 0 unspecified atom stereocenters. The minimum atomic E-state index is -1.02. The molecule has 30 heavy (non-hydrogen) atoms. The molecule has 4 heteroatoms. The van der Waals surface area contributed by atoms with Crippen molar-refractivity contribution in [1.29, 1.82) is 0 Å². The first kappa shape index (κ1) is 21.5. The largest absolute Gasteiger partial charge is 0.494 e. The lowest BCUT2D eigenvalue weighted by molar-refractivity contribution is 0.372. The Labute approximate surface area is 175 Å². The first-order valence-electron chi connectivity index (χ1n) is 9.96. The van der Waals surface area contributed by atoms with Crippen LogP contribution in [0.1, 0.15) is 42.9 Å². The van der Waals surface area contributed by atoms with Crippen molar-refractivity contribution in [1.82, 2.24) is 0 Å². The highest BCUT2D eigenvalue weighted by molar-refractivity contribution is 5.66. The number of rotatable bonds is 6. The van der Waals surface area contributed by atoms with Crippen LogP contribution >= 0.6 is 0 Å². The molecule has 0 amide bonds. The van der Waals surface area contributed by atoms with Crippen molar-refractivity contribution in [2.45, 2.75) is 32.6 Å². The normalized spacial score (nSPS) is 10.4. The van der Waals surface area contributed by atoms with Gasteiger partial charge in [-0.25, -0.2) is 8.78 Å². The van der Waals surface area contributed by atoms with Gasteiger partial charge in [-0.05, 0) is 60.4 Å². The van der Waals surface area contributed by atoms with Gasteiger partial charge in [-0.3, -0.25) is 0 Å². The molecule has 0 spiro atoms. The van der Waals surface area contributed by atoms with Crippen LogP contribution < -0.4 is 4.74 Å². The van der Waals surface area contributed by atoms with Gasteiger partial charge in [0.25, 0.3) is 0 Å². The van der Waals surface area contributed by atoms with E-state index in [2.05, 4.69) is 18.8 Å². The van der Waals surface area contributed by atoms with Crippen molar-refractivity contribution in [3.8, 4) is 28.7 Å². The van der Waals surface area contributed by atoms with Gasteiger partial charge in [0.05, 0.1) is 12.7 Å². The van der Waals surface area contributed by atoms with Crippen molar-refractivity contribution in [3.63, 3.8) is 0 Å². The summed E-state index contributed by atoms with van der Waals surface area (Å²) in [5.74, 6) is 3.31. The Hall–Kier alpha value is -3.19. The molecule has 1 nitrogen and oxygen atoms in total. The SMILES string of the molecule is CCCCCc1ccc(C#Cc2ccc(-c3ccc(OC)c(F)c3F)cc2)c(F)c1. The predicted octanol–water partition coefficient (Wildman–Crippen LogP) is 6.91. The first-order chi connectivity index (χ1) is 14.5. The summed E-state index contributed by atoms with van der Waals surface area (Å²) in [4.78, 5) is 0. The molecule has 0 aromatic heterocycles. The van der Waals surface area contributed by atoms with Crippen LogP contribution in [0.15, 0.2) is 54.6 Å². The van der Waals surface area contributed by atoms with E-state index in [9.17, 15) is 13.2 Å². The molecule has 0 bridgehead atoms. The van der Waals surface area contributed by atoms with Crippen LogP contribution in [-0.4, -0.2) is 7.11 Å². The fourth-order valence-electron chi connectivity index (χ4n) is 3.18. The van der Waals surface area contributed by atoms with Crippen LogP contribution in [0.5, 0.6) is 5.75 Å². The summed E-state index contributed by atoms with van der Waals surface area (Å²) >= 11 is 0. The Bertz CT molecular complexity index is 1080. The smallest absolute Gasteiger partial charge is 0.201 e. The van der Waals surface area contributed by atoms with Crippen molar-refractivity contribution in [2.24, 2.45) is 0 Å². The Morgan fingerprint density at radius 1 is 0.833 bits per heavy atom. The lowest BCUT2D eigenvalue weighted by atomic mass is 10.0. The summed E-state index contributed by atoms with van der Waals surface area (Å²) in [5, 5.41) is 0. The number of aryl methyl sites for hydroxylation is 1. The lowest BCUT2D eigenvalue weighted by Crippen LogP contribution is -1.95. The Balaban J connectivity index is 1.76. The molecular formula is C26H23F3O. The maximum absolute atomic E-state index is 14.3. The van der Waals surface area contributed by atoms with E-state index in [4.69, 9.17) is 4.74 Å². The van der Waals surface area contributed by atoms with Gasteiger partial charge >= 0.3 is 0 Å². The van der Waals surface area contributed by atoms with Gasteiger partial charge in [0, 0.05) is 11.1 Å². The summed E-state index contributed by atoms with van der Waals surface area (Å²) in [6, 6.07) is 14.7. The van der Waals surface area contributed by atoms with E-state index in [0.29, 0.717) is 16.7 Å². The molecule has 0 saturated carbocycles. The van der Waals surface area contributed by atoms with E-state index < -0.39 is 11.6 Å². The van der Waals surface area contributed by atoms with Crippen LogP contribution in [0.3, 0.4) is 0 Å². The first-order valence-corrected chi connectivity index (χ1v) is 9.96. The topological polar surface area (TPSA) is 9.23 Å². The highest BCUT2D eigenvalue weighted by Crippen LogP contribution is 2.29. The fourth-order valence-corrected chi connectivity index (χ4v) is 3.18. The Morgan fingerprint density at radius 2 is 1.60 bits per heavy atom. The van der Waals surface area contributed by atoms with E-state index in [-0.39, 0.29) is 17.1 Å². The highest BCUT2D eigenvalue weighted by atomic mass is 19.2. The Morgan fingerprint density at radius 3 is 2.27 bits per heavy atom. The molecular weight excluding hydrogens is 385 g/mol. The van der Waals surface area contributed by atoms with Gasteiger partial charge in [-0.1, -0.05) is 49.8 Å². The molecule has 0 aliphatic heterocycles. The third kappa shape index (κ3) is 5.04. The summed E-state index contributed by atoms with van der Waals surface area (Å²) in [7, 11) is 1.29. The van der Waals surface area contributed by atoms with Crippen LogP contribution in [0, 0.1) is 29.3 Å². The fraction of sp³-hybridized carbons (Fsp3) is 0.231. The summed E-state index contributed by atoms with van der Waals surface area (Å²) in [6.45, 7) is 2.14. The number of unbranched alkanes of at least 4 members (excludes halogenated alkanes) is 2. The maximum atomic E-state index is 14.3. The van der Waals surface area contributed by atoms with Gasteiger partial charge in [0.15, 0.2) is 11.6 Å². The second kappa shape index (κ2) is 10.0. The third-order valence-corrected chi connectivity index (χ3v) is 4.91. The van der Waals surface area contributed by atoms with E-state index in [1.807, 2.05) is 6.07 Å². The number of hydrogen-bond donors (Lipinski definition) is 0. The van der Waals surface area contributed by atoms with Crippen LogP contribution in [0.25, 0.3) is 11.1 Å². The standard InChI is InChI=1S/C26H23F3O/c1-3-4-5-6-19-10-14-21(23(27)17-19)13-9-18-7-11-20(12-8-18)22-15-16-24(30-2)26(29)25(22)28/h7-8,10-12,14-17H,3-6H2,1-2H3. The van der Waals surface area contributed by atoms with Crippen LogP contribution in [0.4, 0.5) is 13.2 Å². The molecule has 3 rings (SSSR count). The number of benzene rings is 3. The van der Waals surface area contributed by atoms with Crippen molar-refractivity contribution >= 4 is 0 Å². The quantitative estimate of drug-likeness (QED) is 0.318. The highest BCUT2D eigenvalue weighted by Gasteiger charge is 2.15. The second-order valence-electron chi connectivity index (χ2n) is 7.04. The number of hydrogen-bond acceptors (Lipinski definition) is 1. The second-order valence-corrected chi connectivity index (χ2v) is 7.04. The Kier molecular flexibility index (Phi) is 7.19.